The van der Waals surface area contributed by atoms with Crippen LogP contribution >= 0.6 is 0 Å². The zero-order valence-corrected chi connectivity index (χ0v) is 10.6. The summed E-state index contributed by atoms with van der Waals surface area (Å²) in [6, 6.07) is 15.7. The normalized spacial score (nSPS) is 12.3. The third-order valence-electron chi connectivity index (χ3n) is 3.13. The van der Waals surface area contributed by atoms with Gasteiger partial charge in [-0.15, -0.1) is 0 Å². The van der Waals surface area contributed by atoms with Gasteiger partial charge in [-0.3, -0.25) is 0 Å². The van der Waals surface area contributed by atoms with Crippen molar-refractivity contribution < 1.29 is 9.50 Å². The van der Waals surface area contributed by atoms with Crippen LogP contribution in [-0.4, -0.2) is 15.1 Å². The molecule has 3 nitrogen and oxygen atoms in total. The molecule has 3 aromatic rings. The maximum atomic E-state index is 13.7. The Labute approximate surface area is 115 Å². The van der Waals surface area contributed by atoms with E-state index in [0.717, 1.165) is 5.56 Å². The van der Waals surface area contributed by atoms with Crippen molar-refractivity contribution in [3.63, 3.8) is 0 Å². The van der Waals surface area contributed by atoms with Crippen LogP contribution in [-0.2, 0) is 0 Å². The van der Waals surface area contributed by atoms with Gasteiger partial charge in [-0.2, -0.15) is 0 Å². The third kappa shape index (κ3) is 2.33. The van der Waals surface area contributed by atoms with E-state index < -0.39 is 6.10 Å². The molecular weight excluding hydrogens is 255 g/mol. The second-order valence-electron chi connectivity index (χ2n) is 4.48. The van der Waals surface area contributed by atoms with Gasteiger partial charge in [0.05, 0.1) is 11.9 Å². The number of aromatic nitrogens is 2. The van der Waals surface area contributed by atoms with Gasteiger partial charge in [0.15, 0.2) is 0 Å². The largest absolute Gasteiger partial charge is 0.380 e. The Morgan fingerprint density at radius 2 is 1.70 bits per heavy atom. The molecule has 0 aliphatic rings. The number of hydrogen-bond acceptors (Lipinski definition) is 2. The Bertz CT molecular complexity index is 709. The average Bonchev–Trinajstić information content (AvgIpc) is 2.97. The number of benzene rings is 2. The van der Waals surface area contributed by atoms with Crippen LogP contribution in [0.25, 0.3) is 11.3 Å². The molecule has 0 aliphatic carbocycles. The van der Waals surface area contributed by atoms with Crippen molar-refractivity contribution in [2.45, 2.75) is 6.10 Å². The van der Waals surface area contributed by atoms with E-state index in [1.54, 1.807) is 18.2 Å². The van der Waals surface area contributed by atoms with Gasteiger partial charge in [0.2, 0.25) is 0 Å². The van der Waals surface area contributed by atoms with Crippen molar-refractivity contribution in [3.05, 3.63) is 78.0 Å². The highest BCUT2D eigenvalue weighted by molar-refractivity contribution is 5.59. The quantitative estimate of drug-likeness (QED) is 0.765. The smallest absolute Gasteiger partial charge is 0.140 e. The highest BCUT2D eigenvalue weighted by Crippen LogP contribution is 2.24. The number of hydrogen-bond donors (Lipinski definition) is 2. The summed E-state index contributed by atoms with van der Waals surface area (Å²) in [6.45, 7) is 0. The molecule has 3 rings (SSSR count). The van der Waals surface area contributed by atoms with Crippen LogP contribution in [0.15, 0.2) is 60.8 Å². The predicted molar refractivity (Wildman–Crippen MR) is 74.5 cm³/mol. The minimum Gasteiger partial charge on any atom is -0.380 e. The van der Waals surface area contributed by atoms with Crippen molar-refractivity contribution >= 4 is 0 Å². The topological polar surface area (TPSA) is 48.9 Å². The van der Waals surface area contributed by atoms with Crippen molar-refractivity contribution in [2.24, 2.45) is 0 Å². The van der Waals surface area contributed by atoms with Gasteiger partial charge < -0.3 is 10.1 Å². The first kappa shape index (κ1) is 12.6. The Hall–Kier alpha value is -2.46. The summed E-state index contributed by atoms with van der Waals surface area (Å²) in [6.07, 6.45) is 0.677. The van der Waals surface area contributed by atoms with Crippen LogP contribution in [0, 0.1) is 5.82 Å². The molecule has 1 atom stereocenters. The number of aliphatic hydroxyl groups excluding tert-OH is 1. The Morgan fingerprint density at radius 3 is 2.45 bits per heavy atom. The van der Waals surface area contributed by atoms with E-state index in [2.05, 4.69) is 9.97 Å². The summed E-state index contributed by atoms with van der Waals surface area (Å²) < 4.78 is 13.7. The number of imidazole rings is 1. The molecule has 1 aromatic heterocycles. The van der Waals surface area contributed by atoms with Gasteiger partial charge in [0.25, 0.3) is 0 Å². The molecule has 2 N–H and O–H groups in total. The first-order valence-electron chi connectivity index (χ1n) is 6.28. The number of aliphatic hydroxyl groups is 1. The maximum absolute atomic E-state index is 13.7. The molecule has 0 aliphatic heterocycles. The Morgan fingerprint density at radius 1 is 1.00 bits per heavy atom. The number of rotatable bonds is 3. The zero-order chi connectivity index (χ0) is 13.9. The number of H-pyrrole nitrogens is 1. The van der Waals surface area contributed by atoms with Crippen molar-refractivity contribution in [1.82, 2.24) is 9.97 Å². The first-order valence-corrected chi connectivity index (χ1v) is 6.28. The van der Waals surface area contributed by atoms with Crippen molar-refractivity contribution in [2.75, 3.05) is 0 Å². The molecule has 20 heavy (non-hydrogen) atoms. The van der Waals surface area contributed by atoms with Crippen LogP contribution in [0.1, 0.15) is 17.5 Å². The molecule has 0 fully saturated rings. The first-order chi connectivity index (χ1) is 9.75. The lowest BCUT2D eigenvalue weighted by atomic mass is 10.1. The second-order valence-corrected chi connectivity index (χ2v) is 4.48. The molecule has 0 saturated carbocycles. The Balaban J connectivity index is 1.93. The van der Waals surface area contributed by atoms with Crippen molar-refractivity contribution in [3.8, 4) is 11.3 Å². The molecule has 0 radical (unpaired) electrons. The fraction of sp³-hybridized carbons (Fsp3) is 0.0625. The van der Waals surface area contributed by atoms with Crippen LogP contribution in [0.5, 0.6) is 0 Å². The van der Waals surface area contributed by atoms with E-state index in [0.29, 0.717) is 17.1 Å². The van der Waals surface area contributed by atoms with E-state index in [9.17, 15) is 9.50 Å². The summed E-state index contributed by atoms with van der Waals surface area (Å²) >= 11 is 0. The standard InChI is InChI=1S/C16H13FN2O/c17-13-9-5-4-8-12(13)14-10-18-16(19-14)15(20)11-6-2-1-3-7-11/h1-10,15,20H,(H,18,19). The molecule has 0 amide bonds. The highest BCUT2D eigenvalue weighted by Gasteiger charge is 2.15. The van der Waals surface area contributed by atoms with Gasteiger partial charge in [-0.25, -0.2) is 9.37 Å². The molecule has 0 saturated heterocycles. The minimum absolute atomic E-state index is 0.322. The van der Waals surface area contributed by atoms with Crippen LogP contribution in [0.3, 0.4) is 0 Å². The molecule has 4 heteroatoms. The molecule has 1 heterocycles. The fourth-order valence-corrected chi connectivity index (χ4v) is 2.09. The van der Waals surface area contributed by atoms with Gasteiger partial charge in [-0.1, -0.05) is 42.5 Å². The third-order valence-corrected chi connectivity index (χ3v) is 3.13. The summed E-state index contributed by atoms with van der Waals surface area (Å²) in [7, 11) is 0. The average molecular weight is 268 g/mol. The van der Waals surface area contributed by atoms with E-state index >= 15 is 0 Å². The molecule has 0 spiro atoms. The van der Waals surface area contributed by atoms with Gasteiger partial charge in [-0.05, 0) is 17.7 Å². The monoisotopic (exact) mass is 268 g/mol. The SMILES string of the molecule is OC(c1ccccc1)c1ncc(-c2ccccc2F)[nH]1. The maximum Gasteiger partial charge on any atom is 0.140 e. The Kier molecular flexibility index (Phi) is 3.31. The number of nitrogens with zero attached hydrogens (tertiary/aromatic N) is 1. The zero-order valence-electron chi connectivity index (χ0n) is 10.6. The van der Waals surface area contributed by atoms with Gasteiger partial charge in [0.1, 0.15) is 17.7 Å². The molecule has 100 valence electrons. The van der Waals surface area contributed by atoms with Gasteiger partial charge in [0, 0.05) is 5.56 Å². The molecule has 2 aromatic carbocycles. The number of halogens is 1. The van der Waals surface area contributed by atoms with Crippen LogP contribution in [0.4, 0.5) is 4.39 Å². The lowest BCUT2D eigenvalue weighted by Crippen LogP contribution is -2.01. The summed E-state index contributed by atoms with van der Waals surface area (Å²) in [5.41, 5.74) is 1.72. The summed E-state index contributed by atoms with van der Waals surface area (Å²) in [4.78, 5) is 7.11. The van der Waals surface area contributed by atoms with E-state index in [1.807, 2.05) is 30.3 Å². The predicted octanol–water partition coefficient (Wildman–Crippen LogP) is 3.30. The van der Waals surface area contributed by atoms with E-state index in [-0.39, 0.29) is 5.82 Å². The molecule has 1 unspecified atom stereocenters. The number of nitrogens with one attached hydrogen (secondary N) is 1. The van der Waals surface area contributed by atoms with Crippen LogP contribution in [0.2, 0.25) is 0 Å². The highest BCUT2D eigenvalue weighted by atomic mass is 19.1. The fourth-order valence-electron chi connectivity index (χ4n) is 2.09. The molecular formula is C16H13FN2O. The lowest BCUT2D eigenvalue weighted by Gasteiger charge is -2.07. The summed E-state index contributed by atoms with van der Waals surface area (Å²) in [5, 5.41) is 10.2. The van der Waals surface area contributed by atoms with E-state index in [4.69, 9.17) is 0 Å². The lowest BCUT2D eigenvalue weighted by molar-refractivity contribution is 0.211. The second kappa shape index (κ2) is 5.27. The number of aromatic amines is 1. The summed E-state index contributed by atoms with van der Waals surface area (Å²) in [5.74, 6) is 0.0753. The van der Waals surface area contributed by atoms with Gasteiger partial charge >= 0.3 is 0 Å². The molecule has 0 bridgehead atoms. The van der Waals surface area contributed by atoms with E-state index in [1.165, 1.54) is 12.3 Å². The van der Waals surface area contributed by atoms with Crippen LogP contribution < -0.4 is 0 Å². The van der Waals surface area contributed by atoms with Crippen molar-refractivity contribution in [1.29, 1.82) is 0 Å². The minimum atomic E-state index is -0.850.